The molecule has 32 heavy (non-hydrogen) atoms. The van der Waals surface area contributed by atoms with E-state index in [1.165, 1.54) is 0 Å². The van der Waals surface area contributed by atoms with Gasteiger partial charge in [-0.05, 0) is 11.8 Å². The molecule has 4 N–H and O–H groups in total. The molecular formula is C18H16Cl6O8. The van der Waals surface area contributed by atoms with Gasteiger partial charge in [-0.15, -0.1) is 23.2 Å². The average Bonchev–Trinajstić information content (AvgIpc) is 3.33. The standard InChI is InChI=1S/C18H16Cl6O8/c19-12-13(20)17(22)4-2-8(31-15-7(27)5(25)6(26)11(32-15)14(28)29)1(9-10(2)30-9)3(4)16(12,21)18(17,23)24/h1-11,15,25-27H,(H,28,29)/t1?,2?,3?,4?,5-,6-,7+,8?,9?,10?,11-,15+,16?,17?/m0/s1. The van der Waals surface area contributed by atoms with E-state index in [9.17, 15) is 25.2 Å². The first-order valence-electron chi connectivity index (χ1n) is 9.87. The number of hydrogen-bond acceptors (Lipinski definition) is 7. The third-order valence-electron chi connectivity index (χ3n) is 8.06. The summed E-state index contributed by atoms with van der Waals surface area (Å²) in [4.78, 5) is 8.41. The van der Waals surface area contributed by atoms with Crippen molar-refractivity contribution in [1.29, 1.82) is 0 Å². The van der Waals surface area contributed by atoms with Crippen molar-refractivity contribution >= 4 is 75.6 Å². The summed E-state index contributed by atoms with van der Waals surface area (Å²) >= 11 is 40.3. The monoisotopic (exact) mass is 570 g/mol. The van der Waals surface area contributed by atoms with Crippen molar-refractivity contribution in [3.8, 4) is 0 Å². The molecule has 0 aromatic rings. The van der Waals surface area contributed by atoms with E-state index in [1.807, 2.05) is 0 Å². The number of halogens is 6. The van der Waals surface area contributed by atoms with Gasteiger partial charge in [0.2, 0.25) is 0 Å². The molecular weight excluding hydrogens is 557 g/mol. The highest BCUT2D eigenvalue weighted by Crippen LogP contribution is 2.84. The first-order chi connectivity index (χ1) is 14.8. The summed E-state index contributed by atoms with van der Waals surface area (Å²) in [5.74, 6) is -3.31. The lowest BCUT2D eigenvalue weighted by Gasteiger charge is -2.41. The lowest BCUT2D eigenvalue weighted by Crippen LogP contribution is -2.61. The lowest BCUT2D eigenvalue weighted by molar-refractivity contribution is -0.310. The molecule has 0 spiro atoms. The number of aliphatic carboxylic acids is 1. The number of hydrogen-bond donors (Lipinski definition) is 4. The van der Waals surface area contributed by atoms with Gasteiger partial charge in [-0.2, -0.15) is 0 Å². The van der Waals surface area contributed by atoms with Gasteiger partial charge in [0.05, 0.1) is 28.4 Å². The summed E-state index contributed by atoms with van der Waals surface area (Å²) < 4.78 is 15.4. The van der Waals surface area contributed by atoms with Crippen LogP contribution in [0.15, 0.2) is 10.1 Å². The Hall–Kier alpha value is 0.710. The maximum absolute atomic E-state index is 11.4. The molecule has 0 amide bonds. The van der Waals surface area contributed by atoms with Crippen LogP contribution < -0.4 is 0 Å². The van der Waals surface area contributed by atoms with E-state index in [-0.39, 0.29) is 22.3 Å². The van der Waals surface area contributed by atoms with Crippen LogP contribution >= 0.6 is 69.6 Å². The van der Waals surface area contributed by atoms with Crippen LogP contribution in [0.3, 0.4) is 0 Å². The number of alkyl halides is 4. The Bertz CT molecular complexity index is 902. The smallest absolute Gasteiger partial charge is 0.335 e. The van der Waals surface area contributed by atoms with Gasteiger partial charge in [0.1, 0.15) is 28.1 Å². The van der Waals surface area contributed by atoms with Crippen molar-refractivity contribution in [2.75, 3.05) is 0 Å². The Morgan fingerprint density at radius 1 is 0.844 bits per heavy atom. The number of carboxylic acids is 1. The number of carboxylic acid groups (broad SMARTS) is 1. The van der Waals surface area contributed by atoms with Gasteiger partial charge in [0.25, 0.3) is 0 Å². The van der Waals surface area contributed by atoms with Crippen LogP contribution in [0.4, 0.5) is 0 Å². The lowest BCUT2D eigenvalue weighted by atomic mass is 9.73. The van der Waals surface area contributed by atoms with Gasteiger partial charge in [-0.1, -0.05) is 46.4 Å². The van der Waals surface area contributed by atoms with Crippen LogP contribution in [0, 0.1) is 23.7 Å². The van der Waals surface area contributed by atoms with Crippen molar-refractivity contribution in [2.24, 2.45) is 23.7 Å². The van der Waals surface area contributed by atoms with Gasteiger partial charge in [-0.25, -0.2) is 4.79 Å². The molecule has 14 heteroatoms. The molecule has 4 aliphatic carbocycles. The van der Waals surface area contributed by atoms with Crippen LogP contribution in [0.1, 0.15) is 0 Å². The summed E-state index contributed by atoms with van der Waals surface area (Å²) in [6, 6.07) is 0. The molecule has 3 saturated carbocycles. The van der Waals surface area contributed by atoms with E-state index in [0.717, 1.165) is 0 Å². The van der Waals surface area contributed by atoms with Crippen molar-refractivity contribution < 1.29 is 39.4 Å². The summed E-state index contributed by atoms with van der Waals surface area (Å²) in [7, 11) is 0. The number of aliphatic hydroxyl groups excluding tert-OH is 3. The minimum atomic E-state index is -1.83. The van der Waals surface area contributed by atoms with Gasteiger partial charge in [-0.3, -0.25) is 0 Å². The van der Waals surface area contributed by atoms with Gasteiger partial charge >= 0.3 is 5.97 Å². The minimum Gasteiger partial charge on any atom is -0.479 e. The SMILES string of the molecule is O=C(O)[C@H]1O[C@@H](OC2C3C4OC4C2C2C3C3(Cl)C(Cl)=C(Cl)C2(Cl)C3(Cl)Cl)[C@H](O)[C@@H](O)[C@@H]1O. The second kappa shape index (κ2) is 6.72. The average molecular weight is 573 g/mol. The normalized spacial score (nSPS) is 61.2. The Morgan fingerprint density at radius 2 is 1.34 bits per heavy atom. The van der Waals surface area contributed by atoms with Crippen molar-refractivity contribution in [3.05, 3.63) is 10.1 Å². The Labute approximate surface area is 211 Å². The van der Waals surface area contributed by atoms with Crippen molar-refractivity contribution in [2.45, 2.75) is 63.1 Å². The molecule has 13 atom stereocenters. The number of fused-ring (bicyclic) bond motifs is 12. The summed E-state index contributed by atoms with van der Waals surface area (Å²) in [6.45, 7) is 0. The molecule has 0 aromatic heterocycles. The third-order valence-corrected chi connectivity index (χ3v) is 12.4. The summed E-state index contributed by atoms with van der Waals surface area (Å²) in [5, 5.41) is 39.9. The third kappa shape index (κ3) is 2.29. The van der Waals surface area contributed by atoms with Gasteiger partial charge < -0.3 is 34.6 Å². The second-order valence-electron chi connectivity index (χ2n) is 9.23. The highest BCUT2D eigenvalue weighted by molar-refractivity contribution is 6.65. The number of rotatable bonds is 3. The van der Waals surface area contributed by atoms with E-state index < -0.39 is 80.5 Å². The Kier molecular flexibility index (Phi) is 4.86. The van der Waals surface area contributed by atoms with Gasteiger partial charge in [0, 0.05) is 11.8 Å². The van der Waals surface area contributed by atoms with E-state index >= 15 is 0 Å². The van der Waals surface area contributed by atoms with Crippen molar-refractivity contribution in [3.63, 3.8) is 0 Å². The number of aliphatic hydroxyl groups is 3. The Morgan fingerprint density at radius 3 is 1.81 bits per heavy atom. The fourth-order valence-electron chi connectivity index (χ4n) is 6.78. The zero-order valence-electron chi connectivity index (χ0n) is 15.6. The molecule has 0 aromatic carbocycles. The number of allylic oxidation sites excluding steroid dienone is 2. The van der Waals surface area contributed by atoms with Crippen LogP contribution in [-0.2, 0) is 19.0 Å². The number of carbonyl (C=O) groups is 1. The molecule has 5 fully saturated rings. The maximum atomic E-state index is 11.4. The minimum absolute atomic E-state index is 0.0593. The van der Waals surface area contributed by atoms with Crippen LogP contribution in [0.25, 0.3) is 0 Å². The fourth-order valence-corrected chi connectivity index (χ4v) is 9.88. The predicted octanol–water partition coefficient (Wildman–Crippen LogP) is 1.37. The Balaban J connectivity index is 1.36. The predicted molar refractivity (Wildman–Crippen MR) is 112 cm³/mol. The number of epoxide rings is 1. The fraction of sp³-hybridized carbons (Fsp3) is 0.833. The first kappa shape index (κ1) is 23.1. The second-order valence-corrected chi connectivity index (χ2v) is 12.5. The van der Waals surface area contributed by atoms with E-state index in [2.05, 4.69) is 0 Å². The molecule has 2 saturated heterocycles. The quantitative estimate of drug-likeness (QED) is 0.227. The summed E-state index contributed by atoms with van der Waals surface area (Å²) in [5.41, 5.74) is 0. The molecule has 2 heterocycles. The first-order valence-corrected chi connectivity index (χ1v) is 12.1. The van der Waals surface area contributed by atoms with Crippen LogP contribution in [-0.4, -0.2) is 89.5 Å². The van der Waals surface area contributed by atoms with E-state index in [0.29, 0.717) is 0 Å². The van der Waals surface area contributed by atoms with Crippen LogP contribution in [0.2, 0.25) is 0 Å². The van der Waals surface area contributed by atoms with Gasteiger partial charge in [0.15, 0.2) is 16.7 Å². The molecule has 4 bridgehead atoms. The molecule has 2 aliphatic heterocycles. The van der Waals surface area contributed by atoms with E-state index in [1.54, 1.807) is 0 Å². The molecule has 6 aliphatic rings. The summed E-state index contributed by atoms with van der Waals surface area (Å²) in [6.07, 6.45) is -9.80. The zero-order chi connectivity index (χ0) is 23.3. The van der Waals surface area contributed by atoms with E-state index in [4.69, 9.17) is 83.8 Å². The molecule has 0 radical (unpaired) electrons. The van der Waals surface area contributed by atoms with Crippen molar-refractivity contribution in [1.82, 2.24) is 0 Å². The highest BCUT2D eigenvalue weighted by atomic mass is 35.5. The molecule has 6 rings (SSSR count). The molecule has 178 valence electrons. The van der Waals surface area contributed by atoms with Crippen LogP contribution in [0.5, 0.6) is 0 Å². The molecule has 8 nitrogen and oxygen atoms in total. The maximum Gasteiger partial charge on any atom is 0.335 e. The number of ether oxygens (including phenoxy) is 3. The topological polar surface area (TPSA) is 129 Å². The largest absolute Gasteiger partial charge is 0.479 e. The zero-order valence-corrected chi connectivity index (χ0v) is 20.2. The molecule has 8 unspecified atom stereocenters. The highest BCUT2D eigenvalue weighted by Gasteiger charge is 2.91.